The van der Waals surface area contributed by atoms with Crippen molar-refractivity contribution in [1.29, 1.82) is 0 Å². The molecule has 0 aliphatic rings. The number of rotatable bonds is 12. The van der Waals surface area contributed by atoms with E-state index < -0.39 is 0 Å². The third-order valence-electron chi connectivity index (χ3n) is 22.5. The van der Waals surface area contributed by atoms with Gasteiger partial charge in [0.05, 0.1) is 0 Å². The lowest BCUT2D eigenvalue weighted by atomic mass is 9.76. The second-order valence-corrected chi connectivity index (χ2v) is 34.0. The zero-order valence-electron chi connectivity index (χ0n) is 64.3. The summed E-state index contributed by atoms with van der Waals surface area (Å²) in [4.78, 5) is 0. The molecule has 0 heterocycles. The van der Waals surface area contributed by atoms with Gasteiger partial charge in [0.15, 0.2) is 0 Å². The third kappa shape index (κ3) is 12.8. The molecule has 17 aromatic carbocycles. The second-order valence-electron chi connectivity index (χ2n) is 34.0. The van der Waals surface area contributed by atoms with Crippen LogP contribution in [-0.2, 0) is 21.7 Å². The largest absolute Gasteiger partial charge is 0.0622 e. The maximum absolute atomic E-state index is 2.60. The van der Waals surface area contributed by atoms with Crippen molar-refractivity contribution in [3.8, 4) is 134 Å². The van der Waals surface area contributed by atoms with E-state index in [1.54, 1.807) is 0 Å². The molecule has 524 valence electrons. The monoisotopic (exact) mass is 1390 g/mol. The Labute approximate surface area is 639 Å². The molecule has 0 atom stereocenters. The molecule has 0 bridgehead atoms. The van der Waals surface area contributed by atoms with Gasteiger partial charge in [0.1, 0.15) is 0 Å². The van der Waals surface area contributed by atoms with Crippen LogP contribution in [0.4, 0.5) is 0 Å². The Morgan fingerprint density at radius 3 is 0.417 bits per heavy atom. The van der Waals surface area contributed by atoms with Crippen molar-refractivity contribution in [3.05, 3.63) is 362 Å². The molecule has 0 nitrogen and oxygen atoms in total. The second kappa shape index (κ2) is 27.1. The van der Waals surface area contributed by atoms with E-state index in [-0.39, 0.29) is 21.7 Å². The van der Waals surface area contributed by atoms with E-state index in [2.05, 4.69) is 423 Å². The van der Waals surface area contributed by atoms with E-state index in [4.69, 9.17) is 0 Å². The molecule has 17 aromatic rings. The molecule has 0 unspecified atom stereocenters. The van der Waals surface area contributed by atoms with Gasteiger partial charge in [0.2, 0.25) is 0 Å². The highest BCUT2D eigenvalue weighted by atomic mass is 14.3. The number of benzene rings is 17. The van der Waals surface area contributed by atoms with Gasteiger partial charge < -0.3 is 0 Å². The first-order valence-corrected chi connectivity index (χ1v) is 38.5. The summed E-state index contributed by atoms with van der Waals surface area (Å²) in [6.07, 6.45) is 0. The van der Waals surface area contributed by atoms with Crippen LogP contribution in [-0.4, -0.2) is 0 Å². The summed E-state index contributed by atoms with van der Waals surface area (Å²) in [7, 11) is 0. The smallest absolute Gasteiger partial charge is 0.00255 e. The zero-order chi connectivity index (χ0) is 74.4. The normalized spacial score (nSPS) is 12.3. The van der Waals surface area contributed by atoms with Crippen molar-refractivity contribution in [2.75, 3.05) is 0 Å². The molecule has 0 aromatic heterocycles. The quantitative estimate of drug-likeness (QED) is 0.0845. The molecular weight excluding hydrogens is 1300 g/mol. The van der Waals surface area contributed by atoms with Crippen molar-refractivity contribution in [2.45, 2.75) is 105 Å². The molecule has 0 aliphatic carbocycles. The zero-order valence-corrected chi connectivity index (χ0v) is 64.3. The summed E-state index contributed by atoms with van der Waals surface area (Å²) >= 11 is 0. The molecule has 108 heavy (non-hydrogen) atoms. The van der Waals surface area contributed by atoms with Gasteiger partial charge in [-0.15, -0.1) is 0 Å². The fourth-order valence-electron chi connectivity index (χ4n) is 16.8. The molecule has 0 saturated heterocycles. The van der Waals surface area contributed by atoms with Crippen molar-refractivity contribution < 1.29 is 0 Å². The number of fused-ring (bicyclic) bond motifs is 2. The van der Waals surface area contributed by atoms with Crippen molar-refractivity contribution in [1.82, 2.24) is 0 Å². The minimum atomic E-state index is -0.157. The first kappa shape index (κ1) is 69.1. The lowest BCUT2D eigenvalue weighted by molar-refractivity contribution is 0.590. The van der Waals surface area contributed by atoms with Gasteiger partial charge in [-0.25, -0.2) is 0 Å². The van der Waals surface area contributed by atoms with E-state index in [1.807, 2.05) is 0 Å². The standard InChI is InChI=1S/C108H92/c1-105(2,3)83-61-87(69-37-21-13-22-38-69)99(88(62-83)70-39-23-14-24-40-70)79-53-77-54-80(100-89(71-41-25-15-26-42-71)63-84(106(4,5)6)64-90(100)72-43-27-16-28-44-72)59-97-98-60-82(102-93(75-49-33-19-34-50-75)67-86(108(10,11)12)68-94(102)76-51-35-20-36-52-76)56-78-55-81(58-96(104(78)98)95(57-79)103(77)97)101-91(73-45-29-17-30-46-73)65-85(107(7,8)9)66-92(101)74-47-31-18-32-48-74/h13-68H,1-12H3. The lowest BCUT2D eigenvalue weighted by Gasteiger charge is -2.27. The molecule has 0 N–H and O–H groups in total. The van der Waals surface area contributed by atoms with Crippen LogP contribution >= 0.6 is 0 Å². The number of hydrogen-bond acceptors (Lipinski definition) is 0. The number of hydrogen-bond donors (Lipinski definition) is 0. The van der Waals surface area contributed by atoms with E-state index in [0.29, 0.717) is 0 Å². The molecular formula is C108H92. The maximum Gasteiger partial charge on any atom is -0.00255 e. The Bertz CT molecular complexity index is 5210. The van der Waals surface area contributed by atoms with E-state index in [9.17, 15) is 0 Å². The molecule has 17 rings (SSSR count). The van der Waals surface area contributed by atoms with Gasteiger partial charge in [-0.05, 0) is 318 Å². The average Bonchev–Trinajstić information content (AvgIpc) is 0.697. The molecule has 0 fully saturated rings. The summed E-state index contributed by atoms with van der Waals surface area (Å²) in [5.74, 6) is 0. The van der Waals surface area contributed by atoms with Gasteiger partial charge in [0, 0.05) is 0 Å². The van der Waals surface area contributed by atoms with Crippen LogP contribution in [0.15, 0.2) is 340 Å². The fraction of sp³-hybridized carbons (Fsp3) is 0.148. The van der Waals surface area contributed by atoms with Crippen LogP contribution < -0.4 is 0 Å². The molecule has 0 saturated carbocycles. The van der Waals surface area contributed by atoms with Gasteiger partial charge in [-0.2, -0.15) is 0 Å². The Morgan fingerprint density at radius 2 is 0.287 bits per heavy atom. The molecule has 0 radical (unpaired) electrons. The van der Waals surface area contributed by atoms with E-state index >= 15 is 0 Å². The summed E-state index contributed by atoms with van der Waals surface area (Å²) in [6.45, 7) is 28.2. The Morgan fingerprint density at radius 1 is 0.148 bits per heavy atom. The minimum absolute atomic E-state index is 0.157. The Kier molecular flexibility index (Phi) is 17.4. The van der Waals surface area contributed by atoms with Crippen molar-refractivity contribution >= 4 is 43.1 Å². The summed E-state index contributed by atoms with van der Waals surface area (Å²) in [5.41, 5.74) is 33.1. The predicted octanol–water partition coefficient (Wildman–Crippen LogP) is 30.9. The minimum Gasteiger partial charge on any atom is -0.0622 e. The molecule has 0 aliphatic heterocycles. The lowest BCUT2D eigenvalue weighted by Crippen LogP contribution is -2.12. The Balaban J connectivity index is 1.12. The first-order chi connectivity index (χ1) is 52.1. The highest BCUT2D eigenvalue weighted by Gasteiger charge is 2.31. The summed E-state index contributed by atoms with van der Waals surface area (Å²) < 4.78 is 0. The summed E-state index contributed by atoms with van der Waals surface area (Å²) in [5, 5.41) is 9.66. The van der Waals surface area contributed by atoms with Gasteiger partial charge in [0.25, 0.3) is 0 Å². The highest BCUT2D eigenvalue weighted by Crippen LogP contribution is 2.55. The molecule has 0 amide bonds. The van der Waals surface area contributed by atoms with Crippen LogP contribution in [0, 0.1) is 0 Å². The van der Waals surface area contributed by atoms with Crippen LogP contribution in [0.3, 0.4) is 0 Å². The summed E-state index contributed by atoms with van der Waals surface area (Å²) in [6, 6.07) is 130. The third-order valence-corrected chi connectivity index (χ3v) is 22.5. The Hall–Kier alpha value is -12.0. The van der Waals surface area contributed by atoms with E-state index in [0.717, 1.165) is 22.3 Å². The maximum atomic E-state index is 2.60. The van der Waals surface area contributed by atoms with Gasteiger partial charge in [-0.1, -0.05) is 326 Å². The highest BCUT2D eigenvalue weighted by molar-refractivity contribution is 6.36. The van der Waals surface area contributed by atoms with Crippen LogP contribution in [0.5, 0.6) is 0 Å². The first-order valence-electron chi connectivity index (χ1n) is 38.5. The molecule has 0 heteroatoms. The van der Waals surface area contributed by atoms with Crippen LogP contribution in [0.1, 0.15) is 105 Å². The predicted molar refractivity (Wildman–Crippen MR) is 468 cm³/mol. The van der Waals surface area contributed by atoms with Crippen LogP contribution in [0.25, 0.3) is 177 Å². The van der Waals surface area contributed by atoms with Gasteiger partial charge >= 0.3 is 0 Å². The van der Waals surface area contributed by atoms with Crippen molar-refractivity contribution in [2.24, 2.45) is 0 Å². The topological polar surface area (TPSA) is 0 Å². The fourth-order valence-corrected chi connectivity index (χ4v) is 16.8. The van der Waals surface area contributed by atoms with Crippen LogP contribution in [0.2, 0.25) is 0 Å². The van der Waals surface area contributed by atoms with Crippen molar-refractivity contribution in [3.63, 3.8) is 0 Å². The SMILES string of the molecule is CC(C)(C)c1cc(-c2ccccc2)c(-c2cc3cc(-c4c(-c5ccccc5)cc(C(C)(C)C)cc4-c4ccccc4)cc4c5cc(-c6c(-c7ccccc7)cc(C(C)(C)C)cc6-c6ccccc6)cc6cc(-c7c(-c8ccccc8)cc(C(C)(C)C)cc7-c7ccccc7)cc(c(c2)c34)c65)c(-c2ccccc2)c1. The average molecular weight is 1390 g/mol. The van der Waals surface area contributed by atoms with Gasteiger partial charge in [-0.3, -0.25) is 0 Å². The van der Waals surface area contributed by atoms with E-state index in [1.165, 1.54) is 177 Å². The molecule has 0 spiro atoms.